The molecule has 0 aliphatic carbocycles. The Kier molecular flexibility index (Phi) is 10.1. The lowest BCUT2D eigenvalue weighted by Gasteiger charge is -2.32. The second kappa shape index (κ2) is 13.5. The predicted octanol–water partition coefficient (Wildman–Crippen LogP) is 5.74. The maximum absolute atomic E-state index is 12.9. The van der Waals surface area contributed by atoms with E-state index in [1.165, 1.54) is 5.56 Å². The lowest BCUT2D eigenvalue weighted by Crippen LogP contribution is -2.47. The molecule has 0 bridgehead atoms. The van der Waals surface area contributed by atoms with Gasteiger partial charge in [0.15, 0.2) is 5.88 Å². The number of benzene rings is 2. The minimum absolute atomic E-state index is 0.123. The van der Waals surface area contributed by atoms with Gasteiger partial charge in [-0.25, -0.2) is 0 Å². The number of carbonyl (C=O) groups is 1. The third-order valence-corrected chi connectivity index (χ3v) is 6.28. The van der Waals surface area contributed by atoms with Crippen LogP contribution < -0.4 is 0 Å². The number of carbonyl (C=O) groups excluding carboxylic acids is 1. The van der Waals surface area contributed by atoms with Gasteiger partial charge in [-0.2, -0.15) is 0 Å². The molecule has 0 spiro atoms. The van der Waals surface area contributed by atoms with Crippen LogP contribution in [0.5, 0.6) is 0 Å². The topological polar surface area (TPSA) is 36.0 Å². The Hall–Kier alpha value is -3.57. The molecule has 2 saturated heterocycles. The van der Waals surface area contributed by atoms with E-state index < -0.39 is 0 Å². The van der Waals surface area contributed by atoms with Crippen LogP contribution in [0.1, 0.15) is 29.8 Å². The summed E-state index contributed by atoms with van der Waals surface area (Å²) >= 11 is 0. The smallest absolute Gasteiger partial charge is 0.253 e. The van der Waals surface area contributed by atoms with Crippen molar-refractivity contribution < 1.29 is 9.53 Å². The van der Waals surface area contributed by atoms with Crippen LogP contribution in [0.25, 0.3) is 11.1 Å². The minimum atomic E-state index is 0.123. The van der Waals surface area contributed by atoms with Crippen molar-refractivity contribution in [3.63, 3.8) is 0 Å². The van der Waals surface area contributed by atoms with Crippen molar-refractivity contribution in [2.45, 2.75) is 26.5 Å². The van der Waals surface area contributed by atoms with Gasteiger partial charge in [-0.05, 0) is 56.3 Å². The molecule has 2 heterocycles. The first-order valence-corrected chi connectivity index (χ1v) is 12.6. The summed E-state index contributed by atoms with van der Waals surface area (Å²) in [6.45, 7) is 16.6. The van der Waals surface area contributed by atoms with E-state index in [1.54, 1.807) is 6.08 Å². The average molecular weight is 486 g/mol. The monoisotopic (exact) mass is 485 g/mol. The van der Waals surface area contributed by atoms with Crippen LogP contribution in [0.2, 0.25) is 0 Å². The van der Waals surface area contributed by atoms with E-state index in [9.17, 15) is 4.79 Å². The number of allylic oxidation sites excluding steroid dienone is 5. The van der Waals surface area contributed by atoms with Crippen LogP contribution >= 0.6 is 0 Å². The van der Waals surface area contributed by atoms with Gasteiger partial charge in [-0.1, -0.05) is 73.4 Å². The molecule has 5 nitrogen and oxygen atoms in total. The number of nitrogens with zero attached hydrogens (tertiary/aromatic N) is 3. The van der Waals surface area contributed by atoms with Crippen molar-refractivity contribution in [3.8, 4) is 11.1 Å². The van der Waals surface area contributed by atoms with E-state index in [0.29, 0.717) is 0 Å². The van der Waals surface area contributed by atoms with Crippen molar-refractivity contribution in [1.29, 1.82) is 0 Å². The molecule has 2 aromatic carbocycles. The number of amides is 1. The van der Waals surface area contributed by atoms with Crippen molar-refractivity contribution in [2.24, 2.45) is 0 Å². The van der Waals surface area contributed by atoms with Gasteiger partial charge in [0.25, 0.3) is 5.91 Å². The Morgan fingerprint density at radius 3 is 2.36 bits per heavy atom. The molecule has 1 atom stereocenters. The molecule has 0 radical (unpaired) electrons. The Balaban J connectivity index is 0.000000454. The van der Waals surface area contributed by atoms with Gasteiger partial charge < -0.3 is 19.4 Å². The summed E-state index contributed by atoms with van der Waals surface area (Å²) in [5, 5.41) is 0. The molecule has 2 aliphatic rings. The highest BCUT2D eigenvalue weighted by atomic mass is 16.5. The molecule has 2 aliphatic heterocycles. The normalized spacial score (nSPS) is 18.3. The summed E-state index contributed by atoms with van der Waals surface area (Å²) in [5.41, 5.74) is 4.17. The van der Waals surface area contributed by atoms with Crippen LogP contribution in [-0.4, -0.2) is 66.5 Å². The molecule has 5 heteroatoms. The number of ether oxygens (including phenoxy) is 1. The highest BCUT2D eigenvalue weighted by Crippen LogP contribution is 2.24. The molecule has 0 saturated carbocycles. The Morgan fingerprint density at radius 1 is 1.03 bits per heavy atom. The molecule has 1 amide bonds. The zero-order valence-corrected chi connectivity index (χ0v) is 21.9. The molecule has 1 unspecified atom stereocenters. The van der Waals surface area contributed by atoms with Gasteiger partial charge in [-0.15, -0.1) is 0 Å². The molecule has 0 N–H and O–H groups in total. The summed E-state index contributed by atoms with van der Waals surface area (Å²) in [7, 11) is 2.10. The minimum Gasteiger partial charge on any atom is -0.475 e. The van der Waals surface area contributed by atoms with Crippen molar-refractivity contribution in [1.82, 2.24) is 14.7 Å². The first-order valence-electron chi connectivity index (χ1n) is 12.6. The number of piperazine rings is 1. The lowest BCUT2D eigenvalue weighted by molar-refractivity contribution is 0.0664. The van der Waals surface area contributed by atoms with Crippen LogP contribution in [0.4, 0.5) is 0 Å². The van der Waals surface area contributed by atoms with E-state index in [0.717, 1.165) is 61.8 Å². The van der Waals surface area contributed by atoms with Gasteiger partial charge >= 0.3 is 0 Å². The molecule has 2 fully saturated rings. The van der Waals surface area contributed by atoms with Gasteiger partial charge in [0.1, 0.15) is 6.10 Å². The summed E-state index contributed by atoms with van der Waals surface area (Å²) < 4.78 is 5.62. The Labute approximate surface area is 216 Å². The highest BCUT2D eigenvalue weighted by Gasteiger charge is 2.23. The van der Waals surface area contributed by atoms with E-state index in [2.05, 4.69) is 67.3 Å². The molecular weight excluding hydrogens is 446 g/mol. The van der Waals surface area contributed by atoms with E-state index >= 15 is 0 Å². The van der Waals surface area contributed by atoms with Gasteiger partial charge in [-0.3, -0.25) is 4.79 Å². The van der Waals surface area contributed by atoms with E-state index in [-0.39, 0.29) is 12.0 Å². The van der Waals surface area contributed by atoms with Gasteiger partial charge in [0, 0.05) is 38.3 Å². The second-order valence-corrected chi connectivity index (χ2v) is 9.22. The molecule has 0 aromatic heterocycles. The van der Waals surface area contributed by atoms with E-state index in [1.807, 2.05) is 54.3 Å². The highest BCUT2D eigenvalue weighted by molar-refractivity contribution is 5.95. The molecular formula is C31H39N3O2. The van der Waals surface area contributed by atoms with Crippen LogP contribution in [0.3, 0.4) is 0 Å². The number of rotatable bonds is 6. The molecule has 4 rings (SSSR count). The number of likely N-dealkylation sites (N-methyl/N-ethyl adjacent to an activating group) is 1. The van der Waals surface area contributed by atoms with Gasteiger partial charge in [0.05, 0.1) is 6.54 Å². The molecule has 36 heavy (non-hydrogen) atoms. The summed E-state index contributed by atoms with van der Waals surface area (Å²) in [6.07, 6.45) is 9.71. The van der Waals surface area contributed by atoms with Crippen LogP contribution in [0, 0.1) is 0 Å². The van der Waals surface area contributed by atoms with Crippen LogP contribution in [-0.2, 0) is 11.3 Å². The maximum Gasteiger partial charge on any atom is 0.253 e. The summed E-state index contributed by atoms with van der Waals surface area (Å²) in [5.74, 6) is 0.870. The standard InChI is InChI=1S/C24H29N3O2.C7H10/c1-18-16-27(19(2)29-18)17-20-7-9-21(10-8-20)22-5-4-6-23(15-22)24(28)26-13-11-25(3)12-14-26;1-3-5-7-6-4-2/h4-10,15,18H,2,11-14,16-17H2,1,3H3;3-7H,1H2,2H3/b;6-4-,7-5-. The largest absolute Gasteiger partial charge is 0.475 e. The van der Waals surface area contributed by atoms with Crippen molar-refractivity contribution >= 4 is 5.91 Å². The fourth-order valence-corrected chi connectivity index (χ4v) is 4.21. The van der Waals surface area contributed by atoms with Crippen molar-refractivity contribution in [2.75, 3.05) is 39.8 Å². The SMILES string of the molecule is C=C/C=C\C=C/C.C=C1OC(C)CN1Cc1ccc(-c2cccc(C(=O)N3CCN(C)CC3)c2)cc1. The molecule has 2 aromatic rings. The zero-order valence-electron chi connectivity index (χ0n) is 21.9. The lowest BCUT2D eigenvalue weighted by atomic mass is 10.0. The Morgan fingerprint density at radius 2 is 1.75 bits per heavy atom. The summed E-state index contributed by atoms with van der Waals surface area (Å²) in [4.78, 5) is 19.2. The van der Waals surface area contributed by atoms with Crippen molar-refractivity contribution in [3.05, 3.63) is 109 Å². The first-order chi connectivity index (χ1) is 17.4. The van der Waals surface area contributed by atoms with Gasteiger partial charge in [0.2, 0.25) is 0 Å². The maximum atomic E-state index is 12.9. The van der Waals surface area contributed by atoms with Crippen LogP contribution in [0.15, 0.2) is 98.0 Å². The number of hydrogen-bond acceptors (Lipinski definition) is 4. The third-order valence-electron chi connectivity index (χ3n) is 6.28. The first kappa shape index (κ1) is 27.0. The summed E-state index contributed by atoms with van der Waals surface area (Å²) in [6, 6.07) is 16.5. The molecule has 190 valence electrons. The fraction of sp³-hybridized carbons (Fsp3) is 0.323. The van der Waals surface area contributed by atoms with E-state index in [4.69, 9.17) is 4.74 Å². The fourth-order valence-electron chi connectivity index (χ4n) is 4.21. The Bertz CT molecular complexity index is 1080. The second-order valence-electron chi connectivity index (χ2n) is 9.22. The zero-order chi connectivity index (χ0) is 25.9. The quantitative estimate of drug-likeness (QED) is 0.489. The third kappa shape index (κ3) is 7.72. The predicted molar refractivity (Wildman–Crippen MR) is 150 cm³/mol. The average Bonchev–Trinajstić information content (AvgIpc) is 3.21. The number of hydrogen-bond donors (Lipinski definition) is 0.